The van der Waals surface area contributed by atoms with Crippen molar-refractivity contribution in [2.75, 3.05) is 42.7 Å². The maximum atomic E-state index is 14.1. The molecule has 4 heterocycles. The summed E-state index contributed by atoms with van der Waals surface area (Å²) in [7, 11) is 0. The molecule has 2 saturated heterocycles. The number of β-lactam (4-membered cyclic amide) rings is 1. The van der Waals surface area contributed by atoms with Gasteiger partial charge in [-0.05, 0) is 71.7 Å². The number of carboxylic acid groups (broad SMARTS) is 1. The number of piperazine rings is 1. The van der Waals surface area contributed by atoms with Crippen LogP contribution in [-0.4, -0.2) is 144 Å². The first-order valence-electron chi connectivity index (χ1n) is 19.6. The third-order valence-electron chi connectivity index (χ3n) is 9.54. The maximum absolute atomic E-state index is 14.1. The Hall–Kier alpha value is -5.83. The summed E-state index contributed by atoms with van der Waals surface area (Å²) in [6, 6.07) is 3.35. The first-order chi connectivity index (χ1) is 29.9. The van der Waals surface area contributed by atoms with E-state index >= 15 is 0 Å². The van der Waals surface area contributed by atoms with Crippen molar-refractivity contribution in [1.82, 2.24) is 30.7 Å². The number of rotatable bonds is 14. The van der Waals surface area contributed by atoms with Gasteiger partial charge in [0, 0.05) is 48.2 Å². The second-order valence-corrected chi connectivity index (χ2v) is 18.6. The molecule has 3 aliphatic heterocycles. The molecule has 0 saturated carbocycles. The minimum absolute atomic E-state index is 0. The molecule has 8 amide bonds. The number of benzene rings is 1. The van der Waals surface area contributed by atoms with E-state index in [1.54, 1.807) is 60.6 Å². The van der Waals surface area contributed by atoms with Crippen LogP contribution in [0.5, 0.6) is 11.5 Å². The quantitative estimate of drug-likeness (QED) is 0.0133. The van der Waals surface area contributed by atoms with Crippen molar-refractivity contribution in [3.63, 3.8) is 0 Å². The first kappa shape index (κ1) is 51.8. The van der Waals surface area contributed by atoms with Gasteiger partial charge in [0.15, 0.2) is 18.0 Å². The molecule has 1 aromatic heterocycles. The maximum Gasteiger partial charge on any atom is 0.464 e. The molecule has 65 heavy (non-hydrogen) atoms. The number of thioether (sulfide) groups is 2. The van der Waals surface area contributed by atoms with Gasteiger partial charge in [-0.3, -0.25) is 33.8 Å². The number of likely N-dealkylation sites (N-methyl/N-ethyl adjacent to an activating group) is 1. The highest BCUT2D eigenvalue weighted by molar-refractivity contribution is 8.01. The van der Waals surface area contributed by atoms with E-state index in [-0.39, 0.29) is 67.1 Å². The number of amides is 8. The first-order valence-corrected chi connectivity index (χ1v) is 21.7. The van der Waals surface area contributed by atoms with Crippen molar-refractivity contribution >= 4 is 77.6 Å². The summed E-state index contributed by atoms with van der Waals surface area (Å²) in [5, 5.41) is 37.5. The molecule has 2 aromatic rings. The van der Waals surface area contributed by atoms with Crippen molar-refractivity contribution in [1.29, 1.82) is 0 Å². The van der Waals surface area contributed by atoms with E-state index < -0.39 is 99.7 Å². The Kier molecular flexibility index (Phi) is 16.4. The highest BCUT2D eigenvalue weighted by atomic mass is 127. The Morgan fingerprint density at radius 2 is 1.63 bits per heavy atom. The van der Waals surface area contributed by atoms with Crippen molar-refractivity contribution in [2.45, 2.75) is 81.6 Å². The zero-order valence-corrected chi connectivity index (χ0v) is 40.1. The fourth-order valence-corrected chi connectivity index (χ4v) is 9.10. The van der Waals surface area contributed by atoms with Gasteiger partial charge in [0.1, 0.15) is 28.3 Å². The van der Waals surface area contributed by atoms with Crippen LogP contribution in [0.3, 0.4) is 0 Å². The van der Waals surface area contributed by atoms with E-state index in [1.807, 2.05) is 0 Å². The number of phenols is 2. The van der Waals surface area contributed by atoms with Crippen LogP contribution in [0.25, 0.3) is 0 Å². The fraction of sp³-hybridized carbons (Fsp3) is 0.450. The molecule has 6 N–H and O–H groups in total. The van der Waals surface area contributed by atoms with Crippen LogP contribution in [0, 0.1) is 0 Å². The molecule has 2 fully saturated rings. The molecule has 5 rings (SSSR count). The number of urea groups is 1. The highest BCUT2D eigenvalue weighted by Crippen LogP contribution is 2.46. The smallest absolute Gasteiger partial charge is 0.464 e. The lowest BCUT2D eigenvalue weighted by atomic mass is 9.94. The molecule has 0 spiro atoms. The van der Waals surface area contributed by atoms with Crippen LogP contribution in [0.2, 0.25) is 0 Å². The Labute approximate surface area is 398 Å². The number of halogens is 1. The topological polar surface area (TPSA) is 286 Å². The van der Waals surface area contributed by atoms with Crippen molar-refractivity contribution in [3.05, 3.63) is 59.6 Å². The summed E-state index contributed by atoms with van der Waals surface area (Å²) < 4.78 is 12.2. The number of nitrogens with zero attached hydrogens (tertiary/aromatic N) is 5. The van der Waals surface area contributed by atoms with Gasteiger partial charge in [-0.15, -0.1) is 23.5 Å². The average Bonchev–Trinajstić information content (AvgIpc) is 3.21. The lowest BCUT2D eigenvalue weighted by molar-refractivity contribution is -0.683. The van der Waals surface area contributed by atoms with E-state index in [0.29, 0.717) is 15.4 Å². The van der Waals surface area contributed by atoms with Gasteiger partial charge in [-0.1, -0.05) is 15.8 Å². The van der Waals surface area contributed by atoms with Gasteiger partial charge in [0.25, 0.3) is 5.91 Å². The summed E-state index contributed by atoms with van der Waals surface area (Å²) in [5.74, 6) is -7.71. The number of carbonyl (C=O) groups is 9. The molecule has 0 radical (unpaired) electrons. The molecule has 0 bridgehead atoms. The molecular weight excluding hydrogens is 1010 g/mol. The molecule has 3 atom stereocenters. The zero-order valence-electron chi connectivity index (χ0n) is 36.3. The zero-order chi connectivity index (χ0) is 47.5. The number of fused-ring (bicyclic) bond motifs is 1. The molecule has 352 valence electrons. The van der Waals surface area contributed by atoms with Gasteiger partial charge in [0.05, 0.1) is 0 Å². The molecule has 0 aliphatic carbocycles. The second kappa shape index (κ2) is 20.6. The number of hydrogen-bond donors (Lipinski definition) is 6. The predicted molar refractivity (Wildman–Crippen MR) is 225 cm³/mol. The largest absolute Gasteiger partial charge is 1.00 e. The van der Waals surface area contributed by atoms with Crippen LogP contribution >= 0.6 is 23.5 Å². The van der Waals surface area contributed by atoms with Gasteiger partial charge in [-0.25, -0.2) is 19.2 Å². The van der Waals surface area contributed by atoms with E-state index in [4.69, 9.17) is 9.47 Å². The molecule has 22 nitrogen and oxygen atoms in total. The highest BCUT2D eigenvalue weighted by Gasteiger charge is 2.66. The summed E-state index contributed by atoms with van der Waals surface area (Å²) in [4.78, 5) is 121. The van der Waals surface area contributed by atoms with E-state index in [2.05, 4.69) is 16.0 Å². The number of pyridine rings is 1. The summed E-state index contributed by atoms with van der Waals surface area (Å²) in [6.45, 7) is 11.3. The lowest BCUT2D eigenvalue weighted by Crippen LogP contribution is -3.00. The minimum Gasteiger partial charge on any atom is -1.00 e. The number of aromatic nitrogens is 1. The summed E-state index contributed by atoms with van der Waals surface area (Å²) >= 11 is 2.21. The minimum atomic E-state index is -2.25. The number of hydrogen-bond acceptors (Lipinski definition) is 15. The lowest BCUT2D eigenvalue weighted by Gasteiger charge is -2.56. The molecule has 0 unspecified atom stereocenters. The Balaban J connectivity index is 0.00000925. The summed E-state index contributed by atoms with van der Waals surface area (Å²) in [5.41, 5.74) is -4.19. The fourth-order valence-electron chi connectivity index (χ4n) is 6.65. The van der Waals surface area contributed by atoms with Crippen molar-refractivity contribution < 1.29 is 96.6 Å². The number of carboxylic acids is 1. The summed E-state index contributed by atoms with van der Waals surface area (Å²) in [6.07, 6.45) is 2.30. The standard InChI is InChI=1S/C40H48N8O14S2.HI/c1-8-44-15-16-46(32(55)31(44)54)36(59)42-28(22-9-10-25(50)26(51)17-22)30(53)43-40(41-21-49)34(58)48-29(33(56)57)23(20-64-35(40)48)19-63-24-11-13-45(14-12-24)47(37(60)62-39(5,6)7)18-27(52)61-38(2,3)4;/h9-14,17,21,28,35H,8,15-16,18-20H2,1-7H3,(H5-,41,42,43,49,50,51,53,54,55,56,57,59);1H/t28-,35-,40-;/m1./s1. The second-order valence-electron chi connectivity index (χ2n) is 16.5. The van der Waals surface area contributed by atoms with Gasteiger partial charge >= 0.3 is 35.9 Å². The van der Waals surface area contributed by atoms with Crippen LogP contribution in [0.4, 0.5) is 9.59 Å². The molecule has 25 heteroatoms. The van der Waals surface area contributed by atoms with E-state index in [9.17, 15) is 58.5 Å². The number of imide groups is 1. The van der Waals surface area contributed by atoms with Gasteiger partial charge in [-0.2, -0.15) is 0 Å². The Morgan fingerprint density at radius 3 is 2.20 bits per heavy atom. The van der Waals surface area contributed by atoms with Crippen LogP contribution < -0.4 is 49.6 Å². The van der Waals surface area contributed by atoms with Crippen molar-refractivity contribution in [3.8, 4) is 11.5 Å². The average molecular weight is 1060 g/mol. The van der Waals surface area contributed by atoms with E-state index in [0.717, 1.165) is 39.9 Å². The number of ether oxygens (including phenoxy) is 2. The SMILES string of the molecule is CCN1CCN(C(=O)N[C@@H](C(=O)N[C@]2(NC=O)C(=O)N3C(C(=O)O)=C(CSc4cc[n+](N(CC(=O)OC(C)(C)C)C(=O)OC(C)(C)C)cc4)CS[C@@H]32)c2ccc(O)c(O)c2)C(=O)C1=O.[I-]. The van der Waals surface area contributed by atoms with Crippen molar-refractivity contribution in [2.24, 2.45) is 0 Å². The monoisotopic (exact) mass is 1060 g/mol. The van der Waals surface area contributed by atoms with Gasteiger partial charge in [0.2, 0.25) is 30.4 Å². The van der Waals surface area contributed by atoms with E-state index in [1.165, 1.54) is 33.7 Å². The van der Waals surface area contributed by atoms with Crippen LogP contribution in [0.1, 0.15) is 60.1 Å². The number of phenolic OH excluding ortho intramolecular Hbond substituents is 2. The molecule has 3 aliphatic rings. The Bertz CT molecular complexity index is 2290. The number of carbonyl (C=O) groups excluding carboxylic acids is 8. The van der Waals surface area contributed by atoms with Crippen LogP contribution in [0.15, 0.2) is 58.9 Å². The predicted octanol–water partition coefficient (Wildman–Crippen LogP) is -2.35. The number of esters is 1. The molecular formula is C40H49IN8O14S2. The van der Waals surface area contributed by atoms with Gasteiger partial charge < -0.3 is 69.6 Å². The normalized spacial score (nSPS) is 18.9. The third kappa shape index (κ3) is 11.7. The third-order valence-corrected chi connectivity index (χ3v) is 12.0. The number of aromatic hydroxyl groups is 2. The Morgan fingerprint density at radius 1 is 0.985 bits per heavy atom. The van der Waals surface area contributed by atoms with Crippen LogP contribution in [-0.2, 0) is 43.0 Å². The number of nitrogens with one attached hydrogen (secondary N) is 3. The number of aliphatic carboxylic acids is 1. The molecule has 1 aromatic carbocycles.